The molecule has 0 radical (unpaired) electrons. The predicted octanol–water partition coefficient (Wildman–Crippen LogP) is 4.00. The first-order valence-electron chi connectivity index (χ1n) is 6.81. The van der Waals surface area contributed by atoms with Crippen LogP contribution in [0.3, 0.4) is 0 Å². The van der Waals surface area contributed by atoms with Crippen molar-refractivity contribution in [1.29, 1.82) is 0 Å². The summed E-state index contributed by atoms with van der Waals surface area (Å²) in [6, 6.07) is 17.8. The molecule has 0 amide bonds. The SMILES string of the molecule is CCc1nnsc1C(=O)c1ccc(-c2ccccc2)cc1. The Labute approximate surface area is 127 Å². The van der Waals surface area contributed by atoms with E-state index >= 15 is 0 Å². The molecule has 0 N–H and O–H groups in total. The molecule has 0 saturated carbocycles. The van der Waals surface area contributed by atoms with Crippen molar-refractivity contribution in [2.24, 2.45) is 0 Å². The van der Waals surface area contributed by atoms with E-state index in [9.17, 15) is 4.79 Å². The molecule has 2 aromatic carbocycles. The largest absolute Gasteiger partial charge is 0.288 e. The van der Waals surface area contributed by atoms with Gasteiger partial charge in [-0.15, -0.1) is 5.10 Å². The second kappa shape index (κ2) is 5.97. The minimum absolute atomic E-state index is 0.00135. The first-order chi connectivity index (χ1) is 10.3. The summed E-state index contributed by atoms with van der Waals surface area (Å²) in [5.74, 6) is 0.00135. The first-order valence-corrected chi connectivity index (χ1v) is 7.58. The molecule has 3 rings (SSSR count). The summed E-state index contributed by atoms with van der Waals surface area (Å²) in [7, 11) is 0. The third-order valence-electron chi connectivity index (χ3n) is 3.35. The Morgan fingerprint density at radius 3 is 2.33 bits per heavy atom. The second-order valence-corrected chi connectivity index (χ2v) is 5.43. The average Bonchev–Trinajstić information content (AvgIpc) is 3.04. The summed E-state index contributed by atoms with van der Waals surface area (Å²) in [5, 5.41) is 3.99. The van der Waals surface area contributed by atoms with Crippen LogP contribution < -0.4 is 0 Å². The summed E-state index contributed by atoms with van der Waals surface area (Å²) < 4.78 is 3.88. The van der Waals surface area contributed by atoms with Gasteiger partial charge in [0.25, 0.3) is 0 Å². The highest BCUT2D eigenvalue weighted by Gasteiger charge is 2.16. The summed E-state index contributed by atoms with van der Waals surface area (Å²) in [4.78, 5) is 13.1. The molecule has 0 unspecified atom stereocenters. The van der Waals surface area contributed by atoms with Crippen LogP contribution in [0.4, 0.5) is 0 Å². The minimum atomic E-state index is 0.00135. The maximum absolute atomic E-state index is 12.5. The molecule has 0 atom stereocenters. The van der Waals surface area contributed by atoms with Gasteiger partial charge in [0.05, 0.1) is 5.69 Å². The summed E-state index contributed by atoms with van der Waals surface area (Å²) in [6.45, 7) is 1.98. The van der Waals surface area contributed by atoms with E-state index in [0.29, 0.717) is 10.4 Å². The maximum atomic E-state index is 12.5. The van der Waals surface area contributed by atoms with Gasteiger partial charge in [-0.1, -0.05) is 66.0 Å². The van der Waals surface area contributed by atoms with Crippen LogP contribution in [-0.4, -0.2) is 15.4 Å². The van der Waals surface area contributed by atoms with Crippen molar-refractivity contribution in [3.63, 3.8) is 0 Å². The Balaban J connectivity index is 1.89. The Bertz CT molecular complexity index is 748. The Kier molecular flexibility index (Phi) is 3.88. The van der Waals surface area contributed by atoms with Crippen molar-refractivity contribution in [2.75, 3.05) is 0 Å². The van der Waals surface area contributed by atoms with E-state index < -0.39 is 0 Å². The molecule has 0 bridgehead atoms. The number of aromatic nitrogens is 2. The van der Waals surface area contributed by atoms with Gasteiger partial charge < -0.3 is 0 Å². The highest BCUT2D eigenvalue weighted by Crippen LogP contribution is 2.22. The van der Waals surface area contributed by atoms with Crippen LogP contribution in [0, 0.1) is 0 Å². The van der Waals surface area contributed by atoms with Gasteiger partial charge >= 0.3 is 0 Å². The van der Waals surface area contributed by atoms with E-state index in [4.69, 9.17) is 0 Å². The Morgan fingerprint density at radius 2 is 1.67 bits per heavy atom. The number of carbonyl (C=O) groups is 1. The number of hydrogen-bond acceptors (Lipinski definition) is 4. The van der Waals surface area contributed by atoms with E-state index in [0.717, 1.165) is 23.2 Å². The molecule has 0 saturated heterocycles. The molecular formula is C17H14N2OS. The minimum Gasteiger partial charge on any atom is -0.288 e. The Morgan fingerprint density at radius 1 is 1.00 bits per heavy atom. The van der Waals surface area contributed by atoms with Crippen molar-refractivity contribution in [3.05, 3.63) is 70.7 Å². The van der Waals surface area contributed by atoms with Crippen LogP contribution in [0.2, 0.25) is 0 Å². The monoisotopic (exact) mass is 294 g/mol. The highest BCUT2D eigenvalue weighted by atomic mass is 32.1. The number of rotatable bonds is 4. The third kappa shape index (κ3) is 2.76. The zero-order valence-electron chi connectivity index (χ0n) is 11.6. The van der Waals surface area contributed by atoms with Gasteiger partial charge in [-0.3, -0.25) is 4.79 Å². The first kappa shape index (κ1) is 13.6. The van der Waals surface area contributed by atoms with Crippen molar-refractivity contribution in [3.8, 4) is 11.1 Å². The fraction of sp³-hybridized carbons (Fsp3) is 0.118. The fourth-order valence-electron chi connectivity index (χ4n) is 2.19. The number of aryl methyl sites for hydroxylation is 1. The number of hydrogen-bond donors (Lipinski definition) is 0. The maximum Gasteiger partial charge on any atom is 0.206 e. The second-order valence-electron chi connectivity index (χ2n) is 4.67. The molecular weight excluding hydrogens is 280 g/mol. The number of ketones is 1. The van der Waals surface area contributed by atoms with E-state index in [1.54, 1.807) is 0 Å². The molecule has 0 aliphatic carbocycles. The van der Waals surface area contributed by atoms with Crippen LogP contribution in [-0.2, 0) is 6.42 Å². The molecule has 21 heavy (non-hydrogen) atoms. The zero-order chi connectivity index (χ0) is 14.7. The van der Waals surface area contributed by atoms with Gasteiger partial charge in [-0.25, -0.2) is 0 Å². The van der Waals surface area contributed by atoms with Crippen molar-refractivity contribution in [1.82, 2.24) is 9.59 Å². The van der Waals surface area contributed by atoms with Gasteiger partial charge in [0.15, 0.2) is 0 Å². The summed E-state index contributed by atoms with van der Waals surface area (Å²) in [5.41, 5.74) is 3.70. The predicted molar refractivity (Wildman–Crippen MR) is 84.6 cm³/mol. The van der Waals surface area contributed by atoms with Crippen LogP contribution in [0.15, 0.2) is 54.6 Å². The molecule has 4 heteroatoms. The molecule has 0 aliphatic heterocycles. The third-order valence-corrected chi connectivity index (χ3v) is 4.12. The average molecular weight is 294 g/mol. The number of benzene rings is 2. The topological polar surface area (TPSA) is 42.9 Å². The number of carbonyl (C=O) groups excluding carboxylic acids is 1. The van der Waals surface area contributed by atoms with Gasteiger partial charge in [-0.2, -0.15) is 0 Å². The molecule has 3 aromatic rings. The summed E-state index contributed by atoms with van der Waals surface area (Å²) in [6.07, 6.45) is 0.722. The van der Waals surface area contributed by atoms with Gasteiger partial charge in [0.2, 0.25) is 5.78 Å². The van der Waals surface area contributed by atoms with Crippen molar-refractivity contribution >= 4 is 17.3 Å². The van der Waals surface area contributed by atoms with Gasteiger partial charge in [0, 0.05) is 5.56 Å². The molecule has 0 fully saturated rings. The van der Waals surface area contributed by atoms with Crippen LogP contribution in [0.25, 0.3) is 11.1 Å². The van der Waals surface area contributed by atoms with E-state index in [2.05, 4.69) is 21.7 Å². The molecule has 1 aromatic heterocycles. The zero-order valence-corrected chi connectivity index (χ0v) is 12.4. The van der Waals surface area contributed by atoms with Crippen LogP contribution in [0.1, 0.15) is 27.9 Å². The standard InChI is InChI=1S/C17H14N2OS/c1-2-15-17(21-19-18-15)16(20)14-10-8-13(9-11-14)12-6-4-3-5-7-12/h3-11H,2H2,1H3. The molecule has 1 heterocycles. The quantitative estimate of drug-likeness (QED) is 0.683. The van der Waals surface area contributed by atoms with E-state index in [-0.39, 0.29) is 5.78 Å². The van der Waals surface area contributed by atoms with Crippen LogP contribution >= 0.6 is 11.5 Å². The van der Waals surface area contributed by atoms with Crippen molar-refractivity contribution in [2.45, 2.75) is 13.3 Å². The lowest BCUT2D eigenvalue weighted by Gasteiger charge is -2.03. The van der Waals surface area contributed by atoms with Gasteiger partial charge in [-0.05, 0) is 29.1 Å². The fourth-order valence-corrected chi connectivity index (χ4v) is 2.90. The Hall–Kier alpha value is -2.33. The summed E-state index contributed by atoms with van der Waals surface area (Å²) >= 11 is 1.17. The van der Waals surface area contributed by atoms with E-state index in [1.807, 2.05) is 49.4 Å². The normalized spacial score (nSPS) is 10.5. The molecule has 3 nitrogen and oxygen atoms in total. The lowest BCUT2D eigenvalue weighted by atomic mass is 10.0. The number of nitrogens with zero attached hydrogens (tertiary/aromatic N) is 2. The van der Waals surface area contributed by atoms with E-state index in [1.165, 1.54) is 11.5 Å². The van der Waals surface area contributed by atoms with Crippen molar-refractivity contribution < 1.29 is 4.79 Å². The molecule has 0 spiro atoms. The molecule has 0 aliphatic rings. The highest BCUT2D eigenvalue weighted by molar-refractivity contribution is 7.08. The smallest absolute Gasteiger partial charge is 0.206 e. The van der Waals surface area contributed by atoms with Crippen LogP contribution in [0.5, 0.6) is 0 Å². The van der Waals surface area contributed by atoms with Gasteiger partial charge in [0.1, 0.15) is 4.88 Å². The molecule has 104 valence electrons. The lowest BCUT2D eigenvalue weighted by molar-refractivity contribution is 0.104. The lowest BCUT2D eigenvalue weighted by Crippen LogP contribution is -2.02.